The minimum Gasteiger partial charge on any atom is -0.465 e. The van der Waals surface area contributed by atoms with Gasteiger partial charge in [0.2, 0.25) is 0 Å². The molecule has 4 aliphatic carbocycles. The zero-order valence-electron chi connectivity index (χ0n) is 24.6. The summed E-state index contributed by atoms with van der Waals surface area (Å²) in [6.07, 6.45) is 4.09. The Hall–Kier alpha value is -1.41. The number of aliphatic hydroxyl groups is 3. The van der Waals surface area contributed by atoms with Crippen LogP contribution in [0.2, 0.25) is 0 Å². The van der Waals surface area contributed by atoms with E-state index in [-0.39, 0.29) is 53.4 Å². The summed E-state index contributed by atoms with van der Waals surface area (Å²) in [5.41, 5.74) is -0.417. The van der Waals surface area contributed by atoms with Gasteiger partial charge in [-0.15, -0.1) is 0 Å². The van der Waals surface area contributed by atoms with E-state index in [1.165, 1.54) is 0 Å². The van der Waals surface area contributed by atoms with Crippen LogP contribution in [-0.4, -0.2) is 77.0 Å². The van der Waals surface area contributed by atoms with Gasteiger partial charge in [-0.2, -0.15) is 17.2 Å². The first kappa shape index (κ1) is 33.5. The fraction of sp³-hybridized carbons (Fsp3) is 0.931. The number of fused-ring (bicyclic) bond motifs is 5. The van der Waals surface area contributed by atoms with Crippen LogP contribution in [0.5, 0.6) is 0 Å². The zero-order valence-corrected chi connectivity index (χ0v) is 25.4. The number of rotatable bonds is 10. The fourth-order valence-corrected chi connectivity index (χ4v) is 9.52. The topological polar surface area (TPSA) is 168 Å². The van der Waals surface area contributed by atoms with Crippen molar-refractivity contribution in [2.24, 2.45) is 46.3 Å². The molecule has 3 unspecified atom stereocenters. The highest BCUT2D eigenvalue weighted by atomic mass is 32.2. The van der Waals surface area contributed by atoms with E-state index in [2.05, 4.69) is 18.6 Å². The number of hydrogen-bond donors (Lipinski definition) is 4. The molecular formula is C29H46F2O10S. The van der Waals surface area contributed by atoms with Crippen LogP contribution in [0.4, 0.5) is 8.78 Å². The van der Waals surface area contributed by atoms with Crippen molar-refractivity contribution in [3.05, 3.63) is 0 Å². The molecule has 10 nitrogen and oxygen atoms in total. The molecule has 242 valence electrons. The molecule has 4 N–H and O–H groups in total. The number of aliphatic hydroxyl groups excluding tert-OH is 3. The summed E-state index contributed by atoms with van der Waals surface area (Å²) in [5.74, 6) is -0.889. The van der Waals surface area contributed by atoms with Gasteiger partial charge in [0, 0.05) is 6.42 Å². The van der Waals surface area contributed by atoms with Crippen molar-refractivity contribution in [2.75, 3.05) is 13.2 Å². The molecule has 13 heteroatoms. The largest absolute Gasteiger partial charge is 0.465 e. The molecule has 0 radical (unpaired) electrons. The van der Waals surface area contributed by atoms with Crippen molar-refractivity contribution < 1.29 is 56.1 Å². The smallest absolute Gasteiger partial charge is 0.402 e. The molecule has 0 aromatic rings. The molecule has 4 aliphatic rings. The van der Waals surface area contributed by atoms with Gasteiger partial charge in [0.1, 0.15) is 6.61 Å². The Kier molecular flexibility index (Phi) is 9.71. The van der Waals surface area contributed by atoms with E-state index >= 15 is 0 Å². The molecule has 4 saturated carbocycles. The summed E-state index contributed by atoms with van der Waals surface area (Å²) in [7, 11) is -5.72. The minimum atomic E-state index is -5.72. The average molecular weight is 625 g/mol. The van der Waals surface area contributed by atoms with Crippen LogP contribution < -0.4 is 0 Å². The minimum absolute atomic E-state index is 0.0112. The molecule has 4 rings (SSSR count). The van der Waals surface area contributed by atoms with Crippen LogP contribution in [0, 0.1) is 46.3 Å². The predicted octanol–water partition coefficient (Wildman–Crippen LogP) is 3.32. The van der Waals surface area contributed by atoms with Gasteiger partial charge in [0.15, 0.2) is 6.61 Å². The quantitative estimate of drug-likeness (QED) is 0.209. The average Bonchev–Trinajstić information content (AvgIpc) is 3.25. The van der Waals surface area contributed by atoms with Crippen molar-refractivity contribution >= 4 is 22.1 Å². The molecule has 0 amide bonds. The lowest BCUT2D eigenvalue weighted by Crippen LogP contribution is -2.62. The second kappa shape index (κ2) is 12.2. The van der Waals surface area contributed by atoms with Gasteiger partial charge in [-0.3, -0.25) is 14.1 Å². The third kappa shape index (κ3) is 6.23. The Labute approximate surface area is 246 Å². The molecule has 11 atom stereocenters. The van der Waals surface area contributed by atoms with E-state index in [9.17, 15) is 42.1 Å². The van der Waals surface area contributed by atoms with Crippen molar-refractivity contribution in [3.8, 4) is 0 Å². The maximum absolute atomic E-state index is 13.2. The van der Waals surface area contributed by atoms with Crippen LogP contribution in [0.15, 0.2) is 0 Å². The maximum Gasteiger partial charge on any atom is 0.402 e. The summed E-state index contributed by atoms with van der Waals surface area (Å²) < 4.78 is 65.1. The zero-order chi connectivity index (χ0) is 31.3. The second-order valence-electron chi connectivity index (χ2n) is 13.8. The van der Waals surface area contributed by atoms with E-state index in [0.717, 1.165) is 25.7 Å². The highest BCUT2D eigenvalue weighted by molar-refractivity contribution is 7.86. The Bertz CT molecular complexity index is 1120. The predicted molar refractivity (Wildman–Crippen MR) is 145 cm³/mol. The van der Waals surface area contributed by atoms with Crippen LogP contribution in [-0.2, 0) is 29.2 Å². The van der Waals surface area contributed by atoms with Gasteiger partial charge in [0.25, 0.3) is 0 Å². The fourth-order valence-electron chi connectivity index (χ4n) is 9.31. The van der Waals surface area contributed by atoms with E-state index in [4.69, 9.17) is 9.29 Å². The highest BCUT2D eigenvalue weighted by Crippen LogP contribution is 2.68. The van der Waals surface area contributed by atoms with Crippen LogP contribution in [0.3, 0.4) is 0 Å². The van der Waals surface area contributed by atoms with Gasteiger partial charge in [0.05, 0.1) is 24.7 Å². The molecule has 4 fully saturated rings. The number of ether oxygens (including phenoxy) is 2. The summed E-state index contributed by atoms with van der Waals surface area (Å²) >= 11 is 0. The summed E-state index contributed by atoms with van der Waals surface area (Å²) in [6.45, 7) is 4.20. The van der Waals surface area contributed by atoms with Crippen LogP contribution >= 0.6 is 0 Å². The van der Waals surface area contributed by atoms with Crippen molar-refractivity contribution in [1.29, 1.82) is 0 Å². The Morgan fingerprint density at radius 2 is 1.64 bits per heavy atom. The van der Waals surface area contributed by atoms with Crippen molar-refractivity contribution in [1.82, 2.24) is 0 Å². The summed E-state index contributed by atoms with van der Waals surface area (Å²) in [4.78, 5) is 23.9. The van der Waals surface area contributed by atoms with Crippen molar-refractivity contribution in [3.63, 3.8) is 0 Å². The number of carbonyl (C=O) groups excluding carboxylic acids is 2. The molecule has 0 spiro atoms. The van der Waals surface area contributed by atoms with Crippen molar-refractivity contribution in [2.45, 2.75) is 109 Å². The van der Waals surface area contributed by atoms with Crippen LogP contribution in [0.25, 0.3) is 0 Å². The number of alkyl halides is 2. The van der Waals surface area contributed by atoms with Gasteiger partial charge < -0.3 is 24.8 Å². The monoisotopic (exact) mass is 624 g/mol. The third-order valence-electron chi connectivity index (χ3n) is 11.7. The molecule has 42 heavy (non-hydrogen) atoms. The normalized spacial score (nSPS) is 40.8. The van der Waals surface area contributed by atoms with E-state index in [0.29, 0.717) is 25.7 Å². The first-order valence-corrected chi connectivity index (χ1v) is 16.6. The lowest BCUT2D eigenvalue weighted by atomic mass is 9.43. The Morgan fingerprint density at radius 1 is 0.976 bits per heavy atom. The molecule has 0 bridgehead atoms. The molecule has 0 heterocycles. The number of halogens is 2. The highest BCUT2D eigenvalue weighted by Gasteiger charge is 2.65. The van der Waals surface area contributed by atoms with E-state index in [1.807, 2.05) is 6.92 Å². The molecule has 0 aliphatic heterocycles. The van der Waals surface area contributed by atoms with E-state index in [1.54, 1.807) is 0 Å². The first-order chi connectivity index (χ1) is 19.4. The summed E-state index contributed by atoms with van der Waals surface area (Å²) in [5, 5.41) is 28.7. The van der Waals surface area contributed by atoms with Gasteiger partial charge in [-0.05, 0) is 97.7 Å². The standard InChI is InChI=1S/C29H46F2O10S/c1-16(4-7-24(35)40-11-9-25(36)41-15-29(30,31)42(37,38)39)19-5-6-20-26-21(14-23(34)28(19,20)3)27(2)10-8-18(32)12-17(27)13-22(26)33/h16-23,26,32-34H,4-15H2,1-3H3,(H,37,38,39)/t16-,17+,18?,19-,20+,21+,22?,23?,26+,27+,28-/m1/s1. The number of esters is 2. The van der Waals surface area contributed by atoms with E-state index < -0.39 is 64.6 Å². The molecule has 0 aromatic carbocycles. The Morgan fingerprint density at radius 3 is 2.31 bits per heavy atom. The lowest BCUT2D eigenvalue weighted by molar-refractivity contribution is -0.207. The Balaban J connectivity index is 1.29. The SMILES string of the molecule is C[C@H](CCC(=O)OCCC(=O)OCC(F)(F)S(=O)(=O)O)[C@H]1CC[C@H]2[C@@H]3C(O)C[C@@H]4CC(O)CC[C@]4(C)[C@H]3CC(O)[C@]12C. The molecule has 0 aromatic heterocycles. The first-order valence-electron chi connectivity index (χ1n) is 15.1. The maximum atomic E-state index is 13.2. The third-order valence-corrected chi connectivity index (χ3v) is 12.5. The number of carbonyl (C=O) groups is 2. The van der Waals surface area contributed by atoms with Gasteiger partial charge in [-0.25, -0.2) is 0 Å². The van der Waals surface area contributed by atoms with Gasteiger partial charge in [-0.1, -0.05) is 20.8 Å². The molecule has 0 saturated heterocycles. The molecular weight excluding hydrogens is 578 g/mol. The summed E-state index contributed by atoms with van der Waals surface area (Å²) in [6, 6.07) is 0. The van der Waals surface area contributed by atoms with Gasteiger partial charge >= 0.3 is 27.3 Å². The number of hydrogen-bond acceptors (Lipinski definition) is 9. The second-order valence-corrected chi connectivity index (χ2v) is 15.3. The van der Waals surface area contributed by atoms with Crippen LogP contribution in [0.1, 0.15) is 85.0 Å². The lowest BCUT2D eigenvalue weighted by Gasteiger charge is -2.63.